The predicted molar refractivity (Wildman–Crippen MR) is 7.13 cm³/mol. The Hall–Kier alpha value is 1.48. The van der Waals surface area contributed by atoms with Crippen LogP contribution in [-0.4, -0.2) is 18.0 Å². The summed E-state index contributed by atoms with van der Waals surface area (Å²) in [5, 5.41) is 0. The molecule has 0 aromatic heterocycles. The molecule has 0 N–H and O–H groups in total. The van der Waals surface area contributed by atoms with Crippen LogP contribution < -0.4 is 29.6 Å². The number of hydrogen-bond donors (Lipinski definition) is 0. The van der Waals surface area contributed by atoms with Gasteiger partial charge < -0.3 is 11.0 Å². The van der Waals surface area contributed by atoms with Gasteiger partial charge in [-0.2, -0.15) is 0 Å². The van der Waals surface area contributed by atoms with E-state index in [1.807, 2.05) is 0 Å². The van der Waals surface area contributed by atoms with Crippen molar-refractivity contribution in [3.8, 4) is 0 Å². The van der Waals surface area contributed by atoms with Gasteiger partial charge in [0.2, 0.25) is 0 Å². The maximum atomic E-state index is 0. The van der Waals surface area contributed by atoms with Crippen LogP contribution in [0.1, 0.15) is 0 Å². The van der Waals surface area contributed by atoms with Gasteiger partial charge in [-0.25, -0.2) is 0 Å². The van der Waals surface area contributed by atoms with E-state index >= 15 is 0 Å². The quantitative estimate of drug-likeness (QED) is 0.304. The van der Waals surface area contributed by atoms with Gasteiger partial charge in [-0.1, -0.05) is 0 Å². The molecule has 0 aromatic rings. The molecule has 2 nitrogen and oxygen atoms in total. The van der Waals surface area contributed by atoms with Gasteiger partial charge in [0.15, 0.2) is 0 Å². The molecule has 0 aliphatic rings. The van der Waals surface area contributed by atoms with Crippen LogP contribution in [0.15, 0.2) is 0 Å². The topological polar surface area (TPSA) is 57.0 Å². The van der Waals surface area contributed by atoms with E-state index in [-0.39, 0.29) is 58.5 Å². The monoisotopic (exact) mass is 130 g/mol. The van der Waals surface area contributed by atoms with E-state index in [2.05, 4.69) is 0 Å². The molecule has 0 amide bonds. The van der Waals surface area contributed by atoms with Crippen molar-refractivity contribution in [1.82, 2.24) is 0 Å². The normalized spacial score (nSPS) is 0. The fourth-order valence-electron chi connectivity index (χ4n) is 0. The van der Waals surface area contributed by atoms with Crippen molar-refractivity contribution in [3.05, 3.63) is 0 Å². The average Bonchev–Trinajstić information content (AvgIpc) is 0. The van der Waals surface area contributed by atoms with Gasteiger partial charge in [0, 0.05) is 0 Å². The van der Waals surface area contributed by atoms with Crippen LogP contribution in [0.25, 0.3) is 0 Å². The van der Waals surface area contributed by atoms with E-state index in [1.54, 1.807) is 0 Å². The molecule has 0 heterocycles. The van der Waals surface area contributed by atoms with Gasteiger partial charge in [0.25, 0.3) is 0 Å². The van der Waals surface area contributed by atoms with E-state index in [0.717, 1.165) is 0 Å². The van der Waals surface area contributed by atoms with Crippen LogP contribution in [0.4, 0.5) is 0 Å². The molecule has 4 heteroatoms. The summed E-state index contributed by atoms with van der Waals surface area (Å²) < 4.78 is 0. The van der Waals surface area contributed by atoms with E-state index in [9.17, 15) is 0 Å². The van der Waals surface area contributed by atoms with Crippen LogP contribution in [0.3, 0.4) is 0 Å². The Morgan fingerprint density at radius 2 is 0.750 bits per heavy atom. The summed E-state index contributed by atoms with van der Waals surface area (Å²) in [7, 11) is 0. The molecule has 0 spiro atoms. The average molecular weight is 130 g/mol. The number of hydrogen-bond acceptors (Lipinski definition) is 0. The molecular formula is AsNaO2. The Bertz CT molecular complexity index is 6.00. The zero-order chi connectivity index (χ0) is 0. The van der Waals surface area contributed by atoms with Crippen molar-refractivity contribution in [2.24, 2.45) is 0 Å². The first kappa shape index (κ1) is 50.3. The summed E-state index contributed by atoms with van der Waals surface area (Å²) >= 11 is 0. The maximum absolute atomic E-state index is 0. The van der Waals surface area contributed by atoms with Gasteiger partial charge in [0.1, 0.15) is 0 Å². The summed E-state index contributed by atoms with van der Waals surface area (Å²) in [5.41, 5.74) is 0. The van der Waals surface area contributed by atoms with Crippen molar-refractivity contribution in [2.45, 2.75) is 0 Å². The van der Waals surface area contributed by atoms with Crippen LogP contribution in [-0.2, 0) is 11.0 Å². The van der Waals surface area contributed by atoms with Crippen LogP contribution in [0.5, 0.6) is 0 Å². The van der Waals surface area contributed by atoms with E-state index < -0.39 is 0 Å². The molecule has 0 aromatic carbocycles. The van der Waals surface area contributed by atoms with Gasteiger partial charge in [-0.05, 0) is 0 Å². The fraction of sp³-hybridized carbons (Fsp3) is 0. The van der Waals surface area contributed by atoms with Gasteiger partial charge in [-0.3, -0.25) is 0 Å². The molecule has 0 unspecified atom stereocenters. The van der Waals surface area contributed by atoms with Crippen molar-refractivity contribution < 1.29 is 40.5 Å². The molecule has 0 saturated heterocycles. The van der Waals surface area contributed by atoms with E-state index in [1.165, 1.54) is 0 Å². The van der Waals surface area contributed by atoms with Gasteiger partial charge in [0.05, 0.1) is 0 Å². The molecule has 0 aliphatic heterocycles. The van der Waals surface area contributed by atoms with E-state index in [0.29, 0.717) is 0 Å². The number of rotatable bonds is 0. The SMILES string of the molecule is [As+3].[Na+].[O-2].[O-2]. The second kappa shape index (κ2) is 24.8. The van der Waals surface area contributed by atoms with Gasteiger partial charge >= 0.3 is 47.5 Å². The molecule has 18 valence electrons. The first-order chi connectivity index (χ1) is 0. The predicted octanol–water partition coefficient (Wildman–Crippen LogP) is -3.61. The van der Waals surface area contributed by atoms with Crippen LogP contribution in [0, 0.1) is 0 Å². The van der Waals surface area contributed by atoms with Crippen molar-refractivity contribution in [2.75, 3.05) is 0 Å². The third kappa shape index (κ3) is 9.78. The first-order valence-electron chi connectivity index (χ1n) is 0. The Balaban J connectivity index is 0. The van der Waals surface area contributed by atoms with Crippen molar-refractivity contribution in [1.29, 1.82) is 0 Å². The molecule has 0 saturated carbocycles. The molecule has 4 heavy (non-hydrogen) atoms. The third-order valence-electron chi connectivity index (χ3n) is 0. The fourth-order valence-corrected chi connectivity index (χ4v) is 0. The molecular weight excluding hydrogens is 130 g/mol. The maximum Gasteiger partial charge on any atom is 3.00 e. The Labute approximate surface area is 58.2 Å². The summed E-state index contributed by atoms with van der Waals surface area (Å²) in [6.45, 7) is 0. The molecule has 0 bridgehead atoms. The first-order valence-corrected chi connectivity index (χ1v) is 0. The molecule has 0 aliphatic carbocycles. The molecule has 0 rings (SSSR count). The van der Waals surface area contributed by atoms with E-state index in [4.69, 9.17) is 0 Å². The molecule has 2 radical (unpaired) electrons. The molecule has 0 fully saturated rings. The summed E-state index contributed by atoms with van der Waals surface area (Å²) in [5.74, 6) is 0. The zero-order valence-corrected chi connectivity index (χ0v) is 6.14. The largest absolute Gasteiger partial charge is 3.00 e. The zero-order valence-electron chi connectivity index (χ0n) is 2.26. The second-order valence-electron chi connectivity index (χ2n) is 0. The van der Waals surface area contributed by atoms with Crippen LogP contribution in [0.2, 0.25) is 0 Å². The Morgan fingerprint density at radius 1 is 0.750 bits per heavy atom. The summed E-state index contributed by atoms with van der Waals surface area (Å²) in [4.78, 5) is 0. The molecule has 0 atom stereocenters. The minimum Gasteiger partial charge on any atom is -2.00 e. The second-order valence-corrected chi connectivity index (χ2v) is 0. The Morgan fingerprint density at radius 3 is 0.750 bits per heavy atom. The minimum atomic E-state index is 0. The smallest absolute Gasteiger partial charge is 2.00 e. The van der Waals surface area contributed by atoms with Crippen molar-refractivity contribution >= 4 is 18.0 Å². The van der Waals surface area contributed by atoms with Crippen LogP contribution >= 0.6 is 0 Å². The van der Waals surface area contributed by atoms with Crippen molar-refractivity contribution in [3.63, 3.8) is 0 Å². The van der Waals surface area contributed by atoms with Gasteiger partial charge in [-0.15, -0.1) is 0 Å². The summed E-state index contributed by atoms with van der Waals surface area (Å²) in [6.07, 6.45) is 0. The minimum absolute atomic E-state index is 0. The summed E-state index contributed by atoms with van der Waals surface area (Å²) in [6, 6.07) is 0. The Kier molecular flexibility index (Phi) is 312. The standard InChI is InChI=1S/As.Na.2O/q+3;+1;2*-2. The third-order valence-corrected chi connectivity index (χ3v) is 0.